The smallest absolute Gasteiger partial charge is 0.277 e. The lowest BCUT2D eigenvalue weighted by molar-refractivity contribution is 0.0736. The van der Waals surface area contributed by atoms with Gasteiger partial charge in [-0.2, -0.15) is 9.65 Å². The second-order valence-electron chi connectivity index (χ2n) is 6.70. The fraction of sp³-hybridized carbons (Fsp3) is 0.200. The number of nitrogens with zero attached hydrogens (tertiary/aromatic N) is 5. The number of aromatic nitrogens is 2. The van der Waals surface area contributed by atoms with Gasteiger partial charge >= 0.3 is 0 Å². The van der Waals surface area contributed by atoms with Crippen molar-refractivity contribution in [1.82, 2.24) is 15.0 Å². The first-order valence-electron chi connectivity index (χ1n) is 9.14. The number of carbonyl (C=O) groups excluding carboxylic acids is 1. The Morgan fingerprint density at radius 2 is 1.90 bits per heavy atom. The highest BCUT2D eigenvalue weighted by Crippen LogP contribution is 2.35. The zero-order chi connectivity index (χ0) is 22.1. The molecule has 31 heavy (non-hydrogen) atoms. The Hall–Kier alpha value is -4.07. The molecular weight excluding hydrogens is 415 g/mol. The Bertz CT molecular complexity index is 1190. The van der Waals surface area contributed by atoms with Crippen LogP contribution in [0.2, 0.25) is 0 Å². The fourth-order valence-electron chi connectivity index (χ4n) is 3.31. The van der Waals surface area contributed by atoms with Crippen molar-refractivity contribution < 1.29 is 27.6 Å². The monoisotopic (exact) mass is 429 g/mol. The highest BCUT2D eigenvalue weighted by molar-refractivity contribution is 5.96. The topological polar surface area (TPSA) is 106 Å². The molecule has 1 N–H and O–H groups in total. The molecule has 0 aliphatic carbocycles. The molecule has 4 rings (SSSR count). The van der Waals surface area contributed by atoms with Gasteiger partial charge in [0.05, 0.1) is 5.56 Å². The maximum atomic E-state index is 14.3. The normalized spacial score (nSPS) is 13.9. The van der Waals surface area contributed by atoms with E-state index in [9.17, 15) is 28.3 Å². The van der Waals surface area contributed by atoms with Crippen LogP contribution in [0.4, 0.5) is 19.0 Å². The van der Waals surface area contributed by atoms with Gasteiger partial charge in [0.15, 0.2) is 28.8 Å². The molecule has 1 aromatic carbocycles. The van der Waals surface area contributed by atoms with Gasteiger partial charge in [0.2, 0.25) is 5.82 Å². The maximum Gasteiger partial charge on any atom is 0.277 e. The summed E-state index contributed by atoms with van der Waals surface area (Å²) in [6.07, 6.45) is 1.66. The average Bonchev–Trinajstić information content (AvgIpc) is 3.24. The van der Waals surface area contributed by atoms with E-state index in [2.05, 4.69) is 10.1 Å². The molecule has 0 atom stereocenters. The van der Waals surface area contributed by atoms with Gasteiger partial charge in [-0.15, -0.1) is 0 Å². The standard InChI is InChI=1S/C20H14F3N5O3/c21-13-9-11(15(22)18(29)16(13)23)19-12(10-24)17(26-31-19)20(30)28-7-5-27(6-8-28)14-3-1-2-4-25-14/h1-4,9,29H,5-8H2. The number of hydrogen-bond donors (Lipinski definition) is 1. The molecule has 1 aliphatic rings. The van der Waals surface area contributed by atoms with E-state index in [1.807, 2.05) is 17.0 Å². The van der Waals surface area contributed by atoms with Crippen LogP contribution in [0.25, 0.3) is 11.3 Å². The van der Waals surface area contributed by atoms with Crippen LogP contribution in [-0.2, 0) is 0 Å². The first-order valence-corrected chi connectivity index (χ1v) is 9.14. The number of amides is 1. The number of anilines is 1. The van der Waals surface area contributed by atoms with E-state index in [4.69, 9.17) is 4.52 Å². The molecule has 1 saturated heterocycles. The zero-order valence-electron chi connectivity index (χ0n) is 15.8. The predicted molar refractivity (Wildman–Crippen MR) is 101 cm³/mol. The van der Waals surface area contributed by atoms with E-state index >= 15 is 0 Å². The highest BCUT2D eigenvalue weighted by Gasteiger charge is 2.31. The van der Waals surface area contributed by atoms with Gasteiger partial charge in [0, 0.05) is 32.4 Å². The Morgan fingerprint density at radius 3 is 2.55 bits per heavy atom. The number of halogens is 3. The van der Waals surface area contributed by atoms with Gasteiger partial charge in [-0.05, 0) is 18.2 Å². The van der Waals surface area contributed by atoms with Crippen LogP contribution >= 0.6 is 0 Å². The van der Waals surface area contributed by atoms with Crippen LogP contribution in [0, 0.1) is 28.8 Å². The summed E-state index contributed by atoms with van der Waals surface area (Å²) in [7, 11) is 0. The number of rotatable bonds is 3. The number of nitriles is 1. The largest absolute Gasteiger partial charge is 0.503 e. The fourth-order valence-corrected chi connectivity index (χ4v) is 3.31. The van der Waals surface area contributed by atoms with Crippen LogP contribution < -0.4 is 4.90 Å². The number of hydrogen-bond acceptors (Lipinski definition) is 7. The number of benzene rings is 1. The predicted octanol–water partition coefficient (Wildman–Crippen LogP) is 2.69. The van der Waals surface area contributed by atoms with Crippen molar-refractivity contribution in [3.63, 3.8) is 0 Å². The number of phenolic OH excluding ortho intramolecular Hbond substituents is 1. The molecule has 3 aromatic rings. The summed E-state index contributed by atoms with van der Waals surface area (Å²) < 4.78 is 46.2. The van der Waals surface area contributed by atoms with Crippen LogP contribution in [-0.4, -0.2) is 52.2 Å². The van der Waals surface area contributed by atoms with E-state index in [0.29, 0.717) is 32.2 Å². The van der Waals surface area contributed by atoms with Crippen LogP contribution in [0.1, 0.15) is 16.1 Å². The number of pyridine rings is 1. The molecule has 0 saturated carbocycles. The maximum absolute atomic E-state index is 14.3. The number of phenols is 1. The Balaban J connectivity index is 1.59. The minimum absolute atomic E-state index is 0.308. The van der Waals surface area contributed by atoms with E-state index in [1.54, 1.807) is 18.3 Å². The molecule has 158 valence electrons. The number of aromatic hydroxyl groups is 1. The molecule has 1 aliphatic heterocycles. The molecule has 2 aromatic heterocycles. The molecule has 0 spiro atoms. The molecule has 1 fully saturated rings. The minimum atomic E-state index is -1.78. The summed E-state index contributed by atoms with van der Waals surface area (Å²) in [6.45, 7) is 1.59. The second-order valence-corrected chi connectivity index (χ2v) is 6.70. The van der Waals surface area contributed by atoms with Gasteiger partial charge in [-0.1, -0.05) is 11.2 Å². The quantitative estimate of drug-likeness (QED) is 0.638. The summed E-state index contributed by atoms with van der Waals surface area (Å²) in [6, 6.07) is 7.61. The summed E-state index contributed by atoms with van der Waals surface area (Å²) in [5.74, 6) is -6.86. The van der Waals surface area contributed by atoms with Gasteiger partial charge < -0.3 is 19.4 Å². The molecule has 1 amide bonds. The lowest BCUT2D eigenvalue weighted by Gasteiger charge is -2.35. The van der Waals surface area contributed by atoms with Gasteiger partial charge in [-0.25, -0.2) is 13.8 Å². The van der Waals surface area contributed by atoms with Crippen molar-refractivity contribution in [2.45, 2.75) is 0 Å². The van der Waals surface area contributed by atoms with Crippen molar-refractivity contribution in [2.24, 2.45) is 0 Å². The van der Waals surface area contributed by atoms with Gasteiger partial charge in [0.1, 0.15) is 17.5 Å². The third kappa shape index (κ3) is 3.52. The molecule has 3 heterocycles. The average molecular weight is 429 g/mol. The molecule has 8 nitrogen and oxygen atoms in total. The highest BCUT2D eigenvalue weighted by atomic mass is 19.2. The van der Waals surface area contributed by atoms with Crippen molar-refractivity contribution in [3.8, 4) is 23.1 Å². The number of piperazine rings is 1. The van der Waals surface area contributed by atoms with Crippen molar-refractivity contribution in [2.75, 3.05) is 31.1 Å². The van der Waals surface area contributed by atoms with Gasteiger partial charge in [-0.3, -0.25) is 4.79 Å². The second kappa shape index (κ2) is 7.98. The van der Waals surface area contributed by atoms with E-state index < -0.39 is 46.0 Å². The summed E-state index contributed by atoms with van der Waals surface area (Å²) in [5, 5.41) is 22.5. The van der Waals surface area contributed by atoms with Crippen LogP contribution in [0.3, 0.4) is 0 Å². The van der Waals surface area contributed by atoms with E-state index in [1.165, 1.54) is 4.90 Å². The minimum Gasteiger partial charge on any atom is -0.503 e. The summed E-state index contributed by atoms with van der Waals surface area (Å²) in [5.41, 5.74) is -1.55. The van der Waals surface area contributed by atoms with Crippen LogP contribution in [0.5, 0.6) is 5.75 Å². The van der Waals surface area contributed by atoms with Gasteiger partial charge in [0.25, 0.3) is 5.91 Å². The zero-order valence-corrected chi connectivity index (χ0v) is 15.8. The molecule has 0 unspecified atom stereocenters. The Kier molecular flexibility index (Phi) is 5.21. The lowest BCUT2D eigenvalue weighted by Crippen LogP contribution is -2.49. The van der Waals surface area contributed by atoms with E-state index in [-0.39, 0.29) is 5.69 Å². The van der Waals surface area contributed by atoms with Crippen molar-refractivity contribution >= 4 is 11.7 Å². The molecular formula is C20H14F3N5O3. The van der Waals surface area contributed by atoms with Crippen molar-refractivity contribution in [3.05, 3.63) is 59.2 Å². The Morgan fingerprint density at radius 1 is 1.16 bits per heavy atom. The molecule has 0 bridgehead atoms. The third-order valence-corrected chi connectivity index (χ3v) is 4.92. The Labute approximate surface area is 173 Å². The molecule has 0 radical (unpaired) electrons. The lowest BCUT2D eigenvalue weighted by atomic mass is 10.1. The summed E-state index contributed by atoms with van der Waals surface area (Å²) >= 11 is 0. The SMILES string of the molecule is N#Cc1c(C(=O)N2CCN(c3ccccn3)CC2)noc1-c1cc(F)c(F)c(O)c1F. The number of carbonyl (C=O) groups is 1. The first kappa shape index (κ1) is 20.2. The molecule has 11 heteroatoms. The van der Waals surface area contributed by atoms with Crippen LogP contribution in [0.15, 0.2) is 35.0 Å². The van der Waals surface area contributed by atoms with E-state index in [0.717, 1.165) is 5.82 Å². The first-order chi connectivity index (χ1) is 14.9. The summed E-state index contributed by atoms with van der Waals surface area (Å²) in [4.78, 5) is 20.6. The third-order valence-electron chi connectivity index (χ3n) is 4.92. The van der Waals surface area contributed by atoms with Crippen molar-refractivity contribution in [1.29, 1.82) is 5.26 Å².